The Morgan fingerprint density at radius 2 is 1.58 bits per heavy atom. The normalized spacial score (nSPS) is 10.8. The Bertz CT molecular complexity index is 288. The van der Waals surface area contributed by atoms with Gasteiger partial charge in [0.2, 0.25) is 0 Å². The fourth-order valence-corrected chi connectivity index (χ4v) is 1.16. The van der Waals surface area contributed by atoms with Crippen molar-refractivity contribution < 1.29 is 0 Å². The molecule has 0 aliphatic heterocycles. The first-order chi connectivity index (χ1) is 5.88. The third-order valence-electron chi connectivity index (χ3n) is 1.86. The minimum Gasteiger partial charge on any atom is -0.348 e. The van der Waals surface area contributed by atoms with Gasteiger partial charge in [0.05, 0.1) is 5.92 Å². The van der Waals surface area contributed by atoms with Crippen LogP contribution in [-0.2, 0) is 0 Å². The Balaban J connectivity index is 2.27. The van der Waals surface area contributed by atoms with Crippen molar-refractivity contribution in [2.24, 2.45) is 0 Å². The predicted molar refractivity (Wildman–Crippen MR) is 44.7 cm³/mol. The molecule has 0 aliphatic rings. The van der Waals surface area contributed by atoms with E-state index in [1.807, 2.05) is 12.4 Å². The number of H-pyrrole nitrogens is 2. The van der Waals surface area contributed by atoms with Gasteiger partial charge in [-0.1, -0.05) is 0 Å². The molecule has 2 aromatic heterocycles. The zero-order chi connectivity index (χ0) is 8.39. The van der Waals surface area contributed by atoms with Crippen molar-refractivity contribution in [1.29, 1.82) is 0 Å². The Hall–Kier alpha value is -1.58. The van der Waals surface area contributed by atoms with Crippen LogP contribution in [0.5, 0.6) is 0 Å². The summed E-state index contributed by atoms with van der Waals surface area (Å²) in [6.45, 7) is 2.05. The molecule has 2 N–H and O–H groups in total. The number of aromatic amines is 2. The van der Waals surface area contributed by atoms with Crippen LogP contribution in [0.4, 0.5) is 0 Å². The second-order valence-electron chi connectivity index (χ2n) is 2.67. The van der Waals surface area contributed by atoms with Crippen molar-refractivity contribution in [1.82, 2.24) is 19.9 Å². The van der Waals surface area contributed by atoms with Crippen molar-refractivity contribution in [2.75, 3.05) is 0 Å². The maximum atomic E-state index is 4.16. The Morgan fingerprint density at radius 3 is 1.92 bits per heavy atom. The number of rotatable bonds is 2. The van der Waals surface area contributed by atoms with Gasteiger partial charge in [0.15, 0.2) is 0 Å². The van der Waals surface area contributed by atoms with E-state index in [-0.39, 0.29) is 5.92 Å². The molecular formula is C8H10N4. The van der Waals surface area contributed by atoms with E-state index in [2.05, 4.69) is 26.9 Å². The first-order valence-corrected chi connectivity index (χ1v) is 3.86. The lowest BCUT2D eigenvalue weighted by Crippen LogP contribution is -2.00. The number of imidazole rings is 2. The van der Waals surface area contributed by atoms with Crippen molar-refractivity contribution >= 4 is 0 Å². The summed E-state index contributed by atoms with van der Waals surface area (Å²) in [4.78, 5) is 14.4. The highest BCUT2D eigenvalue weighted by Gasteiger charge is 2.11. The summed E-state index contributed by atoms with van der Waals surface area (Å²) in [7, 11) is 0. The van der Waals surface area contributed by atoms with Gasteiger partial charge in [0, 0.05) is 24.8 Å². The molecule has 4 nitrogen and oxygen atoms in total. The largest absolute Gasteiger partial charge is 0.348 e. The van der Waals surface area contributed by atoms with Crippen LogP contribution >= 0.6 is 0 Å². The minimum absolute atomic E-state index is 0.204. The number of hydrogen-bond acceptors (Lipinski definition) is 2. The van der Waals surface area contributed by atoms with E-state index in [1.165, 1.54) is 0 Å². The van der Waals surface area contributed by atoms with E-state index in [0.29, 0.717) is 0 Å². The Morgan fingerprint density at radius 1 is 1.08 bits per heavy atom. The van der Waals surface area contributed by atoms with Gasteiger partial charge in [-0.25, -0.2) is 9.97 Å². The van der Waals surface area contributed by atoms with Gasteiger partial charge in [-0.2, -0.15) is 0 Å². The summed E-state index contributed by atoms with van der Waals surface area (Å²) in [5, 5.41) is 0. The highest BCUT2D eigenvalue weighted by atomic mass is 14.9. The Kier molecular flexibility index (Phi) is 1.66. The van der Waals surface area contributed by atoms with E-state index >= 15 is 0 Å². The molecule has 0 spiro atoms. The van der Waals surface area contributed by atoms with Crippen LogP contribution in [0.25, 0.3) is 0 Å². The number of hydrogen-bond donors (Lipinski definition) is 2. The summed E-state index contributed by atoms with van der Waals surface area (Å²) in [5.74, 6) is 2.07. The molecule has 0 aromatic carbocycles. The van der Waals surface area contributed by atoms with Gasteiger partial charge in [-0.3, -0.25) is 0 Å². The quantitative estimate of drug-likeness (QED) is 0.699. The molecule has 0 saturated heterocycles. The molecule has 2 aromatic rings. The van der Waals surface area contributed by atoms with Crippen LogP contribution in [0, 0.1) is 0 Å². The monoisotopic (exact) mass is 162 g/mol. The zero-order valence-corrected chi connectivity index (χ0v) is 6.78. The van der Waals surface area contributed by atoms with Crippen LogP contribution in [0.15, 0.2) is 24.8 Å². The summed E-state index contributed by atoms with van der Waals surface area (Å²) < 4.78 is 0. The van der Waals surface area contributed by atoms with Crippen LogP contribution in [0.2, 0.25) is 0 Å². The van der Waals surface area contributed by atoms with E-state index < -0.39 is 0 Å². The molecule has 0 fully saturated rings. The molecule has 0 saturated carbocycles. The topological polar surface area (TPSA) is 57.4 Å². The third-order valence-corrected chi connectivity index (χ3v) is 1.86. The van der Waals surface area contributed by atoms with Crippen LogP contribution < -0.4 is 0 Å². The van der Waals surface area contributed by atoms with E-state index in [0.717, 1.165) is 11.6 Å². The summed E-state index contributed by atoms with van der Waals surface area (Å²) in [6, 6.07) is 0. The maximum Gasteiger partial charge on any atom is 0.116 e. The van der Waals surface area contributed by atoms with Gasteiger partial charge in [-0.15, -0.1) is 0 Å². The molecule has 0 unspecified atom stereocenters. The molecule has 12 heavy (non-hydrogen) atoms. The summed E-state index contributed by atoms with van der Waals surface area (Å²) >= 11 is 0. The molecule has 2 heterocycles. The fourth-order valence-electron chi connectivity index (χ4n) is 1.16. The molecule has 0 bridgehead atoms. The number of aromatic nitrogens is 4. The molecule has 0 radical (unpaired) electrons. The third kappa shape index (κ3) is 1.11. The van der Waals surface area contributed by atoms with Crippen LogP contribution in [0.1, 0.15) is 24.5 Å². The molecule has 62 valence electrons. The van der Waals surface area contributed by atoms with Gasteiger partial charge in [0.25, 0.3) is 0 Å². The maximum absolute atomic E-state index is 4.16. The second-order valence-corrected chi connectivity index (χ2v) is 2.67. The zero-order valence-electron chi connectivity index (χ0n) is 6.78. The lowest BCUT2D eigenvalue weighted by atomic mass is 10.1. The molecule has 0 atom stereocenters. The Labute approximate surface area is 70.1 Å². The van der Waals surface area contributed by atoms with Crippen molar-refractivity contribution in [3.05, 3.63) is 36.4 Å². The fraction of sp³-hybridized carbons (Fsp3) is 0.250. The highest BCUT2D eigenvalue weighted by molar-refractivity contribution is 5.09. The first kappa shape index (κ1) is 7.09. The van der Waals surface area contributed by atoms with Crippen LogP contribution in [-0.4, -0.2) is 19.9 Å². The summed E-state index contributed by atoms with van der Waals surface area (Å²) in [6.07, 6.45) is 7.12. The van der Waals surface area contributed by atoms with E-state index in [9.17, 15) is 0 Å². The van der Waals surface area contributed by atoms with Gasteiger partial charge in [-0.05, 0) is 6.92 Å². The highest BCUT2D eigenvalue weighted by Crippen LogP contribution is 2.15. The van der Waals surface area contributed by atoms with Gasteiger partial charge < -0.3 is 9.97 Å². The van der Waals surface area contributed by atoms with Crippen molar-refractivity contribution in [2.45, 2.75) is 12.8 Å². The van der Waals surface area contributed by atoms with E-state index in [4.69, 9.17) is 0 Å². The standard InChI is InChI=1S/C8H10N4/c1-6(7-9-2-3-10-7)8-11-4-5-12-8/h2-6H,1H3,(H,9,10)(H,11,12). The average Bonchev–Trinajstić information content (AvgIpc) is 2.77. The lowest BCUT2D eigenvalue weighted by Gasteiger charge is -2.03. The molecule has 4 heteroatoms. The summed E-state index contributed by atoms with van der Waals surface area (Å²) in [5.41, 5.74) is 0. The SMILES string of the molecule is CC(c1ncc[nH]1)c1ncc[nH]1. The van der Waals surface area contributed by atoms with E-state index in [1.54, 1.807) is 12.4 Å². The van der Waals surface area contributed by atoms with Gasteiger partial charge >= 0.3 is 0 Å². The average molecular weight is 162 g/mol. The first-order valence-electron chi connectivity index (χ1n) is 3.86. The second kappa shape index (κ2) is 2.81. The predicted octanol–water partition coefficient (Wildman–Crippen LogP) is 1.28. The number of nitrogens with zero attached hydrogens (tertiary/aromatic N) is 2. The molecule has 0 amide bonds. The van der Waals surface area contributed by atoms with Gasteiger partial charge in [0.1, 0.15) is 11.6 Å². The molecular weight excluding hydrogens is 152 g/mol. The number of nitrogens with one attached hydrogen (secondary N) is 2. The van der Waals surface area contributed by atoms with Crippen LogP contribution in [0.3, 0.4) is 0 Å². The van der Waals surface area contributed by atoms with Crippen molar-refractivity contribution in [3.63, 3.8) is 0 Å². The lowest BCUT2D eigenvalue weighted by molar-refractivity contribution is 0.782. The molecule has 2 rings (SSSR count). The van der Waals surface area contributed by atoms with Crippen molar-refractivity contribution in [3.8, 4) is 0 Å². The molecule has 0 aliphatic carbocycles. The minimum atomic E-state index is 0.204. The smallest absolute Gasteiger partial charge is 0.116 e.